The molecule has 0 fully saturated rings. The highest BCUT2D eigenvalue weighted by atomic mass is 79.9. The number of carbonyl (C=O) groups is 1. The smallest absolute Gasteiger partial charge is 0.323 e. The normalized spacial score (nSPS) is 12.6. The molecule has 0 aliphatic rings. The zero-order chi connectivity index (χ0) is 26.5. The summed E-state index contributed by atoms with van der Waals surface area (Å²) in [4.78, 5) is 30.8. The Morgan fingerprint density at radius 1 is 0.972 bits per heavy atom. The van der Waals surface area contributed by atoms with Crippen molar-refractivity contribution in [2.24, 2.45) is 0 Å². The molecule has 4 rings (SSSR count). The maximum atomic E-state index is 14.1. The fraction of sp³-hybridized carbons (Fsp3) is 0.286. The minimum absolute atomic E-state index is 0.00586. The Balaban J connectivity index is 1.92. The standard InChI is InChI=1S/C28H30BrNO4SSi/c1-17-20-22(31)21(24(32)30-25(20)35-23(17)29)28(5,6)26(33)34-36(27(2,3)4,18-13-9-7-10-14-18)19-15-11-8-12-16-19/h7-16H,1-6H3,(H2,30,31,32). The Bertz CT molecular complexity index is 1450. The van der Waals surface area contributed by atoms with Gasteiger partial charge < -0.3 is 14.5 Å². The average molecular weight is 585 g/mol. The molecule has 0 saturated carbocycles. The highest BCUT2D eigenvalue weighted by Gasteiger charge is 2.55. The van der Waals surface area contributed by atoms with Crippen LogP contribution >= 0.6 is 27.3 Å². The van der Waals surface area contributed by atoms with Gasteiger partial charge in [0.1, 0.15) is 10.6 Å². The van der Waals surface area contributed by atoms with E-state index in [0.29, 0.717) is 10.2 Å². The first-order valence-electron chi connectivity index (χ1n) is 11.7. The molecule has 5 nitrogen and oxygen atoms in total. The lowest BCUT2D eigenvalue weighted by atomic mass is 9.84. The van der Waals surface area contributed by atoms with Crippen molar-refractivity contribution < 1.29 is 14.3 Å². The number of thiophene rings is 1. The van der Waals surface area contributed by atoms with Crippen LogP contribution in [0, 0.1) is 6.92 Å². The summed E-state index contributed by atoms with van der Waals surface area (Å²) in [6.45, 7) is 11.4. The van der Waals surface area contributed by atoms with Gasteiger partial charge in [0, 0.05) is 0 Å². The molecule has 2 aromatic heterocycles. The summed E-state index contributed by atoms with van der Waals surface area (Å²) < 4.78 is 7.49. The van der Waals surface area contributed by atoms with Crippen LogP contribution in [0.1, 0.15) is 45.7 Å². The molecule has 2 N–H and O–H groups in total. The lowest BCUT2D eigenvalue weighted by Crippen LogP contribution is -2.68. The predicted molar refractivity (Wildman–Crippen MR) is 153 cm³/mol. The number of H-pyrrole nitrogens is 1. The van der Waals surface area contributed by atoms with Gasteiger partial charge in [0.2, 0.25) is 0 Å². The van der Waals surface area contributed by atoms with Gasteiger partial charge in [-0.1, -0.05) is 81.4 Å². The minimum Gasteiger partial charge on any atom is -0.509 e. The minimum atomic E-state index is -3.20. The number of aromatic amines is 1. The van der Waals surface area contributed by atoms with Gasteiger partial charge >= 0.3 is 14.3 Å². The quantitative estimate of drug-likeness (QED) is 0.293. The predicted octanol–water partition coefficient (Wildman–Crippen LogP) is 5.75. The number of carbonyl (C=O) groups excluding carboxylic acids is 1. The summed E-state index contributed by atoms with van der Waals surface area (Å²) >= 11 is 4.82. The van der Waals surface area contributed by atoms with Gasteiger partial charge in [-0.25, -0.2) is 0 Å². The van der Waals surface area contributed by atoms with E-state index in [0.717, 1.165) is 19.7 Å². The molecule has 0 unspecified atom stereocenters. The number of pyridine rings is 1. The first-order valence-corrected chi connectivity index (χ1v) is 15.2. The van der Waals surface area contributed by atoms with Gasteiger partial charge in [0.05, 0.1) is 20.2 Å². The molecular formula is C28H30BrNO4SSi. The fourth-order valence-electron chi connectivity index (χ4n) is 4.85. The molecule has 0 amide bonds. The molecule has 0 bridgehead atoms. The van der Waals surface area contributed by atoms with Crippen LogP contribution in [0.4, 0.5) is 0 Å². The number of benzene rings is 2. The van der Waals surface area contributed by atoms with Crippen LogP contribution in [0.25, 0.3) is 10.2 Å². The summed E-state index contributed by atoms with van der Waals surface area (Å²) in [5.74, 6) is -0.735. The summed E-state index contributed by atoms with van der Waals surface area (Å²) in [6.07, 6.45) is 0. The topological polar surface area (TPSA) is 79.4 Å². The van der Waals surface area contributed by atoms with Crippen molar-refractivity contribution in [2.45, 2.75) is 52.0 Å². The van der Waals surface area contributed by atoms with E-state index in [4.69, 9.17) is 4.43 Å². The van der Waals surface area contributed by atoms with Gasteiger partial charge in [0.25, 0.3) is 5.56 Å². The van der Waals surface area contributed by atoms with Crippen LogP contribution in [0.2, 0.25) is 5.04 Å². The Morgan fingerprint density at radius 2 is 1.47 bits per heavy atom. The largest absolute Gasteiger partial charge is 0.509 e. The van der Waals surface area contributed by atoms with Gasteiger partial charge in [0.15, 0.2) is 0 Å². The molecule has 0 radical (unpaired) electrons. The van der Waals surface area contributed by atoms with E-state index in [9.17, 15) is 14.7 Å². The van der Waals surface area contributed by atoms with Crippen LogP contribution in [-0.4, -0.2) is 24.4 Å². The van der Waals surface area contributed by atoms with Crippen molar-refractivity contribution in [3.05, 3.63) is 85.9 Å². The van der Waals surface area contributed by atoms with E-state index < -0.39 is 30.3 Å². The first-order chi connectivity index (χ1) is 16.8. The number of aryl methyl sites for hydroxylation is 1. The Labute approximate surface area is 224 Å². The molecule has 36 heavy (non-hydrogen) atoms. The van der Waals surface area contributed by atoms with Crippen molar-refractivity contribution in [1.82, 2.24) is 4.98 Å². The SMILES string of the molecule is Cc1c(Br)sc2[nH]c(=O)c(C(C)(C)C(=O)O[Si](c3ccccc3)(c3ccccc3)C(C)(C)C)c(O)c12. The number of halogens is 1. The van der Waals surface area contributed by atoms with Crippen LogP contribution in [0.15, 0.2) is 69.2 Å². The van der Waals surface area contributed by atoms with Crippen molar-refractivity contribution >= 4 is 62.1 Å². The molecule has 0 saturated heterocycles. The molecule has 0 spiro atoms. The second-order valence-corrected chi connectivity index (χ2v) is 17.1. The third kappa shape index (κ3) is 4.15. The monoisotopic (exact) mass is 583 g/mol. The molecule has 4 aromatic rings. The van der Waals surface area contributed by atoms with E-state index in [2.05, 4.69) is 41.7 Å². The highest BCUT2D eigenvalue weighted by molar-refractivity contribution is 9.11. The highest BCUT2D eigenvalue weighted by Crippen LogP contribution is 2.43. The molecule has 8 heteroatoms. The second-order valence-electron chi connectivity index (χ2n) is 10.6. The summed E-state index contributed by atoms with van der Waals surface area (Å²) in [7, 11) is -3.20. The molecule has 0 atom stereocenters. The summed E-state index contributed by atoms with van der Waals surface area (Å²) in [5, 5.41) is 13.3. The van der Waals surface area contributed by atoms with Gasteiger partial charge in [-0.15, -0.1) is 11.3 Å². The number of nitrogens with one attached hydrogen (secondary N) is 1. The second kappa shape index (κ2) is 9.32. The number of aromatic hydroxyl groups is 1. The average Bonchev–Trinajstić information content (AvgIpc) is 3.10. The van der Waals surface area contributed by atoms with E-state index in [-0.39, 0.29) is 11.3 Å². The van der Waals surface area contributed by atoms with Crippen LogP contribution in [-0.2, 0) is 14.6 Å². The maximum Gasteiger partial charge on any atom is 0.323 e. The third-order valence-electron chi connectivity index (χ3n) is 6.81. The maximum absolute atomic E-state index is 14.1. The number of fused-ring (bicyclic) bond motifs is 1. The van der Waals surface area contributed by atoms with Gasteiger partial charge in [-0.3, -0.25) is 9.59 Å². The molecule has 188 valence electrons. The zero-order valence-corrected chi connectivity index (χ0v) is 24.6. The third-order valence-corrected chi connectivity index (χ3v) is 13.8. The van der Waals surface area contributed by atoms with E-state index in [1.807, 2.05) is 67.6 Å². The zero-order valence-electron chi connectivity index (χ0n) is 21.2. The van der Waals surface area contributed by atoms with Gasteiger partial charge in [-0.05, 0) is 57.7 Å². The number of hydrogen-bond acceptors (Lipinski definition) is 5. The lowest BCUT2D eigenvalue weighted by Gasteiger charge is -2.43. The first kappa shape index (κ1) is 26.4. The van der Waals surface area contributed by atoms with E-state index >= 15 is 0 Å². The number of aromatic nitrogens is 1. The van der Waals surface area contributed by atoms with Crippen molar-refractivity contribution in [1.29, 1.82) is 0 Å². The molecule has 2 aromatic carbocycles. The van der Waals surface area contributed by atoms with E-state index in [1.54, 1.807) is 13.8 Å². The summed E-state index contributed by atoms with van der Waals surface area (Å²) in [5.41, 5.74) is -1.11. The summed E-state index contributed by atoms with van der Waals surface area (Å²) in [6, 6.07) is 19.7. The lowest BCUT2D eigenvalue weighted by molar-refractivity contribution is -0.140. The van der Waals surface area contributed by atoms with Crippen molar-refractivity contribution in [3.8, 4) is 5.75 Å². The molecular weight excluding hydrogens is 554 g/mol. The Hall–Kier alpha value is -2.68. The van der Waals surface area contributed by atoms with Crippen molar-refractivity contribution in [2.75, 3.05) is 0 Å². The van der Waals surface area contributed by atoms with Crippen LogP contribution in [0.3, 0.4) is 0 Å². The fourth-order valence-corrected chi connectivity index (χ4v) is 10.9. The van der Waals surface area contributed by atoms with Gasteiger partial charge in [-0.2, -0.15) is 0 Å². The molecule has 0 aliphatic heterocycles. The molecule has 0 aliphatic carbocycles. The van der Waals surface area contributed by atoms with Crippen molar-refractivity contribution in [3.63, 3.8) is 0 Å². The Kier molecular flexibility index (Phi) is 6.83. The van der Waals surface area contributed by atoms with Crippen LogP contribution < -0.4 is 15.9 Å². The Morgan fingerprint density at radius 3 is 1.94 bits per heavy atom. The number of hydrogen-bond donors (Lipinski definition) is 2. The molecule has 2 heterocycles. The number of rotatable bonds is 5. The van der Waals surface area contributed by atoms with Crippen LogP contribution in [0.5, 0.6) is 5.75 Å². The van der Waals surface area contributed by atoms with E-state index in [1.165, 1.54) is 11.3 Å².